The standard InChI is InChI=1S/C9H11N3S/c1-2-8(11-10-3-1)12-4-9(5-12)6-13-7-9/h1-3H,4-7H2. The normalized spacial score (nSPS) is 23.8. The van der Waals surface area contributed by atoms with Gasteiger partial charge >= 0.3 is 0 Å². The minimum absolute atomic E-state index is 0.641. The summed E-state index contributed by atoms with van der Waals surface area (Å²) in [7, 11) is 0. The van der Waals surface area contributed by atoms with Crippen molar-refractivity contribution < 1.29 is 0 Å². The molecule has 13 heavy (non-hydrogen) atoms. The van der Waals surface area contributed by atoms with E-state index in [2.05, 4.69) is 26.9 Å². The van der Waals surface area contributed by atoms with Crippen LogP contribution in [-0.4, -0.2) is 34.8 Å². The predicted molar refractivity (Wildman–Crippen MR) is 54.0 cm³/mol. The summed E-state index contributed by atoms with van der Waals surface area (Å²) < 4.78 is 0. The maximum Gasteiger partial charge on any atom is 0.151 e. The first kappa shape index (κ1) is 7.62. The van der Waals surface area contributed by atoms with E-state index >= 15 is 0 Å². The summed E-state index contributed by atoms with van der Waals surface area (Å²) in [5.41, 5.74) is 0.641. The second kappa shape index (κ2) is 2.61. The Morgan fingerprint density at radius 3 is 2.77 bits per heavy atom. The number of anilines is 1. The lowest BCUT2D eigenvalue weighted by Gasteiger charge is -2.55. The molecule has 0 N–H and O–H groups in total. The number of aromatic nitrogens is 2. The molecular formula is C9H11N3S. The summed E-state index contributed by atoms with van der Waals surface area (Å²) in [6, 6.07) is 3.98. The van der Waals surface area contributed by atoms with Crippen molar-refractivity contribution in [3.05, 3.63) is 18.3 Å². The molecule has 0 atom stereocenters. The van der Waals surface area contributed by atoms with Gasteiger partial charge in [-0.1, -0.05) is 0 Å². The molecule has 0 unspecified atom stereocenters. The summed E-state index contributed by atoms with van der Waals surface area (Å²) in [5, 5.41) is 7.98. The summed E-state index contributed by atoms with van der Waals surface area (Å²) in [4.78, 5) is 2.31. The molecule has 0 aromatic carbocycles. The van der Waals surface area contributed by atoms with Gasteiger partial charge in [0.05, 0.1) is 0 Å². The van der Waals surface area contributed by atoms with Gasteiger partial charge in [-0.3, -0.25) is 0 Å². The van der Waals surface area contributed by atoms with E-state index in [1.165, 1.54) is 24.6 Å². The van der Waals surface area contributed by atoms with Gasteiger partial charge in [-0.15, -0.1) is 5.10 Å². The quantitative estimate of drug-likeness (QED) is 0.666. The van der Waals surface area contributed by atoms with E-state index in [4.69, 9.17) is 0 Å². The van der Waals surface area contributed by atoms with E-state index in [1.54, 1.807) is 6.20 Å². The van der Waals surface area contributed by atoms with Crippen molar-refractivity contribution in [2.45, 2.75) is 0 Å². The fourth-order valence-corrected chi connectivity index (χ4v) is 3.11. The molecule has 68 valence electrons. The van der Waals surface area contributed by atoms with Crippen LogP contribution in [0.25, 0.3) is 0 Å². The second-order valence-electron chi connectivity index (χ2n) is 3.93. The topological polar surface area (TPSA) is 29.0 Å². The highest BCUT2D eigenvalue weighted by molar-refractivity contribution is 8.00. The Morgan fingerprint density at radius 2 is 2.23 bits per heavy atom. The fourth-order valence-electron chi connectivity index (χ4n) is 1.96. The Labute approximate surface area is 81.5 Å². The van der Waals surface area contributed by atoms with Crippen LogP contribution >= 0.6 is 11.8 Å². The third-order valence-electron chi connectivity index (χ3n) is 2.75. The molecule has 4 heteroatoms. The third kappa shape index (κ3) is 1.12. The van der Waals surface area contributed by atoms with Crippen LogP contribution in [0.2, 0.25) is 0 Å². The molecule has 0 amide bonds. The zero-order chi connectivity index (χ0) is 8.73. The average Bonchev–Trinajstić information content (AvgIpc) is 2.01. The van der Waals surface area contributed by atoms with E-state index in [0.717, 1.165) is 5.82 Å². The van der Waals surface area contributed by atoms with E-state index in [9.17, 15) is 0 Å². The zero-order valence-electron chi connectivity index (χ0n) is 7.31. The monoisotopic (exact) mass is 193 g/mol. The van der Waals surface area contributed by atoms with Gasteiger partial charge in [0.1, 0.15) is 0 Å². The van der Waals surface area contributed by atoms with E-state index in [0.29, 0.717) is 5.41 Å². The van der Waals surface area contributed by atoms with Gasteiger partial charge in [-0.2, -0.15) is 16.9 Å². The van der Waals surface area contributed by atoms with Crippen LogP contribution < -0.4 is 4.90 Å². The highest BCUT2D eigenvalue weighted by atomic mass is 32.2. The lowest BCUT2D eigenvalue weighted by Crippen LogP contribution is -2.63. The van der Waals surface area contributed by atoms with Crippen LogP contribution in [0.1, 0.15) is 0 Å². The Morgan fingerprint density at radius 1 is 1.38 bits per heavy atom. The fraction of sp³-hybridized carbons (Fsp3) is 0.556. The van der Waals surface area contributed by atoms with Crippen LogP contribution in [0, 0.1) is 5.41 Å². The van der Waals surface area contributed by atoms with Crippen molar-refractivity contribution >= 4 is 17.6 Å². The molecule has 3 nitrogen and oxygen atoms in total. The highest BCUT2D eigenvalue weighted by Crippen LogP contribution is 2.46. The first-order valence-corrected chi connectivity index (χ1v) is 5.64. The number of rotatable bonds is 1. The molecule has 2 fully saturated rings. The third-order valence-corrected chi connectivity index (χ3v) is 4.38. The van der Waals surface area contributed by atoms with Crippen molar-refractivity contribution in [2.24, 2.45) is 5.41 Å². The van der Waals surface area contributed by atoms with Gasteiger partial charge in [0.15, 0.2) is 5.82 Å². The van der Waals surface area contributed by atoms with E-state index in [1.807, 2.05) is 12.1 Å². The van der Waals surface area contributed by atoms with Crippen LogP contribution in [0.5, 0.6) is 0 Å². The molecule has 1 aromatic heterocycles. The van der Waals surface area contributed by atoms with Crippen LogP contribution in [-0.2, 0) is 0 Å². The van der Waals surface area contributed by atoms with Crippen molar-refractivity contribution in [1.82, 2.24) is 10.2 Å². The lowest BCUT2D eigenvalue weighted by atomic mass is 9.83. The van der Waals surface area contributed by atoms with Crippen molar-refractivity contribution in [2.75, 3.05) is 29.5 Å². The molecule has 0 radical (unpaired) electrons. The number of nitrogens with zero attached hydrogens (tertiary/aromatic N) is 3. The summed E-state index contributed by atoms with van der Waals surface area (Å²) >= 11 is 2.05. The maximum absolute atomic E-state index is 4.09. The maximum atomic E-state index is 4.09. The second-order valence-corrected chi connectivity index (χ2v) is 4.92. The number of hydrogen-bond acceptors (Lipinski definition) is 4. The molecule has 3 rings (SSSR count). The van der Waals surface area contributed by atoms with Crippen molar-refractivity contribution in [1.29, 1.82) is 0 Å². The summed E-state index contributed by atoms with van der Waals surface area (Å²) in [6.07, 6.45) is 1.72. The molecule has 1 spiro atoms. The van der Waals surface area contributed by atoms with Gasteiger partial charge < -0.3 is 4.90 Å². The summed E-state index contributed by atoms with van der Waals surface area (Å²) in [6.45, 7) is 2.36. The Kier molecular flexibility index (Phi) is 1.53. The molecule has 0 saturated carbocycles. The van der Waals surface area contributed by atoms with E-state index < -0.39 is 0 Å². The first-order valence-electron chi connectivity index (χ1n) is 4.48. The van der Waals surface area contributed by atoms with Gasteiger partial charge in [-0.05, 0) is 12.1 Å². The molecule has 2 aliphatic rings. The highest BCUT2D eigenvalue weighted by Gasteiger charge is 2.48. The van der Waals surface area contributed by atoms with Crippen LogP contribution in [0.4, 0.5) is 5.82 Å². The lowest BCUT2D eigenvalue weighted by molar-refractivity contribution is 0.270. The molecule has 2 saturated heterocycles. The minimum Gasteiger partial charge on any atom is -0.354 e. The smallest absolute Gasteiger partial charge is 0.151 e. The largest absolute Gasteiger partial charge is 0.354 e. The molecular weight excluding hydrogens is 182 g/mol. The molecule has 0 bridgehead atoms. The van der Waals surface area contributed by atoms with Gasteiger partial charge in [-0.25, -0.2) is 0 Å². The Hall–Kier alpha value is -0.770. The average molecular weight is 193 g/mol. The van der Waals surface area contributed by atoms with Gasteiger partial charge in [0.2, 0.25) is 0 Å². The van der Waals surface area contributed by atoms with Gasteiger partial charge in [0, 0.05) is 36.2 Å². The van der Waals surface area contributed by atoms with Crippen LogP contribution in [0.15, 0.2) is 18.3 Å². The molecule has 3 heterocycles. The first-order chi connectivity index (χ1) is 6.38. The minimum atomic E-state index is 0.641. The molecule has 0 aliphatic carbocycles. The number of thioether (sulfide) groups is 1. The van der Waals surface area contributed by atoms with Crippen molar-refractivity contribution in [3.63, 3.8) is 0 Å². The Bertz CT molecular complexity index is 302. The Balaban J connectivity index is 1.71. The van der Waals surface area contributed by atoms with Crippen LogP contribution in [0.3, 0.4) is 0 Å². The molecule has 1 aromatic rings. The SMILES string of the molecule is c1cnnc(N2CC3(CSC3)C2)c1. The van der Waals surface area contributed by atoms with E-state index in [-0.39, 0.29) is 0 Å². The zero-order valence-corrected chi connectivity index (χ0v) is 8.13. The van der Waals surface area contributed by atoms with Gasteiger partial charge in [0.25, 0.3) is 0 Å². The van der Waals surface area contributed by atoms with Crippen molar-refractivity contribution in [3.8, 4) is 0 Å². The number of hydrogen-bond donors (Lipinski definition) is 0. The predicted octanol–water partition coefficient (Wildman–Crippen LogP) is 1.03. The molecule has 2 aliphatic heterocycles. The summed E-state index contributed by atoms with van der Waals surface area (Å²) in [5.74, 6) is 3.71.